The largest absolute Gasteiger partial charge is 0.370 e. The number of amides is 2. The molecular formula is C34H48N8O4S. The summed E-state index contributed by atoms with van der Waals surface area (Å²) in [6.07, 6.45) is 7.40. The molecule has 1 aliphatic heterocycles. The van der Waals surface area contributed by atoms with E-state index in [2.05, 4.69) is 30.2 Å². The number of nitrogens with one attached hydrogen (secondary N) is 3. The van der Waals surface area contributed by atoms with E-state index < -0.39 is 15.6 Å². The number of aryl methyl sites for hydroxylation is 1. The van der Waals surface area contributed by atoms with E-state index in [-0.39, 0.29) is 16.7 Å². The van der Waals surface area contributed by atoms with Crippen LogP contribution in [0.25, 0.3) is 0 Å². The van der Waals surface area contributed by atoms with Crippen LogP contribution in [-0.2, 0) is 19.6 Å². The van der Waals surface area contributed by atoms with Crippen LogP contribution in [0.15, 0.2) is 59.6 Å². The van der Waals surface area contributed by atoms with E-state index in [4.69, 9.17) is 5.73 Å². The second kappa shape index (κ2) is 16.1. The van der Waals surface area contributed by atoms with Crippen LogP contribution in [0.1, 0.15) is 71.3 Å². The van der Waals surface area contributed by atoms with Gasteiger partial charge in [-0.1, -0.05) is 25.3 Å². The number of unbranched alkanes of at least 4 members (excludes halogenated alkanes) is 4. The van der Waals surface area contributed by atoms with Gasteiger partial charge in [0.25, 0.3) is 0 Å². The summed E-state index contributed by atoms with van der Waals surface area (Å²) in [7, 11) is -3.69. The monoisotopic (exact) mass is 664 g/mol. The van der Waals surface area contributed by atoms with Crippen LogP contribution >= 0.6 is 0 Å². The molecule has 2 heterocycles. The number of carbonyl (C=O) groups is 2. The van der Waals surface area contributed by atoms with Crippen molar-refractivity contribution in [1.82, 2.24) is 19.6 Å². The van der Waals surface area contributed by atoms with E-state index in [1.807, 2.05) is 36.1 Å². The fraction of sp³-hybridized carbons (Fsp3) is 0.471. The highest BCUT2D eigenvalue weighted by Gasteiger charge is 2.23. The van der Waals surface area contributed by atoms with Crippen molar-refractivity contribution in [3.63, 3.8) is 0 Å². The normalized spacial score (nSPS) is 13.8. The first-order valence-corrected chi connectivity index (χ1v) is 17.7. The molecule has 0 radical (unpaired) electrons. The summed E-state index contributed by atoms with van der Waals surface area (Å²) >= 11 is 0. The molecule has 1 saturated heterocycles. The molecule has 1 aromatic heterocycles. The van der Waals surface area contributed by atoms with Crippen LogP contribution < -0.4 is 26.0 Å². The highest BCUT2D eigenvalue weighted by Crippen LogP contribution is 2.25. The van der Waals surface area contributed by atoms with Gasteiger partial charge in [0, 0.05) is 73.4 Å². The molecule has 13 heteroatoms. The Bertz CT molecular complexity index is 1620. The maximum Gasteiger partial charge on any atom is 0.241 e. The number of nitrogens with zero attached hydrogens (tertiary/aromatic N) is 4. The van der Waals surface area contributed by atoms with Gasteiger partial charge in [-0.05, 0) is 83.0 Å². The molecule has 1 aliphatic rings. The molecule has 0 spiro atoms. The third kappa shape index (κ3) is 11.2. The fourth-order valence-electron chi connectivity index (χ4n) is 5.33. The number of hydrogen-bond donors (Lipinski definition) is 4. The molecule has 0 saturated carbocycles. The SMILES string of the molecule is Cc1cnc(Nc2ccc(N3CCN(C(=O)CCCCCCCC(N)=O)CC3)cc2)nc1Nc1cccc(S(=O)(=O)NC(C)(C)C)c1. The minimum atomic E-state index is -3.69. The van der Waals surface area contributed by atoms with Crippen molar-refractivity contribution < 1.29 is 18.0 Å². The summed E-state index contributed by atoms with van der Waals surface area (Å²) < 4.78 is 28.3. The second-order valence-corrected chi connectivity index (χ2v) is 14.7. The quantitative estimate of drug-likeness (QED) is 0.160. The Morgan fingerprint density at radius 1 is 0.872 bits per heavy atom. The number of anilines is 5. The van der Waals surface area contributed by atoms with E-state index in [1.165, 1.54) is 0 Å². The molecule has 3 aromatic rings. The average molecular weight is 665 g/mol. The first-order valence-electron chi connectivity index (χ1n) is 16.2. The van der Waals surface area contributed by atoms with Gasteiger partial charge in [0.1, 0.15) is 5.82 Å². The van der Waals surface area contributed by atoms with Crippen LogP contribution in [0.5, 0.6) is 0 Å². The van der Waals surface area contributed by atoms with Crippen molar-refractivity contribution in [1.29, 1.82) is 0 Å². The molecule has 1 fully saturated rings. The Morgan fingerprint density at radius 3 is 2.19 bits per heavy atom. The van der Waals surface area contributed by atoms with Crippen molar-refractivity contribution >= 4 is 50.7 Å². The number of piperazine rings is 1. The summed E-state index contributed by atoms with van der Waals surface area (Å²) in [5.41, 5.74) is 7.88. The predicted molar refractivity (Wildman–Crippen MR) is 187 cm³/mol. The fourth-order valence-corrected chi connectivity index (χ4v) is 6.80. The number of hydrogen-bond acceptors (Lipinski definition) is 9. The number of nitrogens with two attached hydrogens (primary N) is 1. The Labute approximate surface area is 278 Å². The van der Waals surface area contributed by atoms with E-state index in [9.17, 15) is 18.0 Å². The predicted octanol–water partition coefficient (Wildman–Crippen LogP) is 5.21. The van der Waals surface area contributed by atoms with E-state index in [0.29, 0.717) is 43.4 Å². The minimum Gasteiger partial charge on any atom is -0.370 e. The number of primary amides is 1. The van der Waals surface area contributed by atoms with Crippen LogP contribution in [0, 0.1) is 6.92 Å². The molecule has 4 rings (SSSR count). The van der Waals surface area contributed by atoms with Gasteiger partial charge in [0.15, 0.2) is 0 Å². The Hall–Kier alpha value is -4.23. The Kier molecular flexibility index (Phi) is 12.2. The first-order chi connectivity index (χ1) is 22.3. The molecule has 0 atom stereocenters. The molecule has 0 bridgehead atoms. The molecule has 12 nitrogen and oxygen atoms in total. The van der Waals surface area contributed by atoms with Gasteiger partial charge >= 0.3 is 0 Å². The lowest BCUT2D eigenvalue weighted by atomic mass is 10.1. The molecule has 0 aliphatic carbocycles. The summed E-state index contributed by atoms with van der Waals surface area (Å²) in [6.45, 7) is 10.2. The lowest BCUT2D eigenvalue weighted by Crippen LogP contribution is -2.48. The Morgan fingerprint density at radius 2 is 1.53 bits per heavy atom. The van der Waals surface area contributed by atoms with Gasteiger partial charge in [-0.25, -0.2) is 18.1 Å². The molecule has 254 valence electrons. The maximum atomic E-state index is 12.8. The lowest BCUT2D eigenvalue weighted by Gasteiger charge is -2.36. The maximum absolute atomic E-state index is 12.8. The first kappa shape index (κ1) is 35.6. The van der Waals surface area contributed by atoms with Gasteiger partial charge in [0.05, 0.1) is 4.90 Å². The molecular weight excluding hydrogens is 616 g/mol. The number of aromatic nitrogens is 2. The van der Waals surface area contributed by atoms with Crippen molar-refractivity contribution in [2.75, 3.05) is 41.7 Å². The van der Waals surface area contributed by atoms with E-state index in [0.717, 1.165) is 62.1 Å². The molecule has 5 N–H and O–H groups in total. The summed E-state index contributed by atoms with van der Waals surface area (Å²) in [5.74, 6) is 0.925. The zero-order valence-corrected chi connectivity index (χ0v) is 28.7. The van der Waals surface area contributed by atoms with E-state index in [1.54, 1.807) is 51.2 Å². The molecule has 2 amide bonds. The third-order valence-corrected chi connectivity index (χ3v) is 9.51. The van der Waals surface area contributed by atoms with Gasteiger partial charge in [-0.2, -0.15) is 4.98 Å². The highest BCUT2D eigenvalue weighted by atomic mass is 32.2. The zero-order valence-electron chi connectivity index (χ0n) is 27.9. The topological polar surface area (TPSA) is 163 Å². The third-order valence-electron chi connectivity index (χ3n) is 7.75. The van der Waals surface area contributed by atoms with Crippen molar-refractivity contribution in [2.45, 2.75) is 83.1 Å². The summed E-state index contributed by atoms with van der Waals surface area (Å²) in [5, 5.41) is 6.48. The molecule has 47 heavy (non-hydrogen) atoms. The lowest BCUT2D eigenvalue weighted by molar-refractivity contribution is -0.131. The van der Waals surface area contributed by atoms with Crippen LogP contribution in [0.4, 0.5) is 28.8 Å². The summed E-state index contributed by atoms with van der Waals surface area (Å²) in [4.78, 5) is 37.0. The highest BCUT2D eigenvalue weighted by molar-refractivity contribution is 7.89. The van der Waals surface area contributed by atoms with Crippen LogP contribution in [0.2, 0.25) is 0 Å². The van der Waals surface area contributed by atoms with Crippen molar-refractivity contribution in [3.05, 3.63) is 60.3 Å². The van der Waals surface area contributed by atoms with Gasteiger partial charge in [0.2, 0.25) is 27.8 Å². The zero-order chi connectivity index (χ0) is 34.0. The molecule has 2 aromatic carbocycles. The summed E-state index contributed by atoms with van der Waals surface area (Å²) in [6, 6.07) is 14.7. The number of rotatable bonds is 15. The van der Waals surface area contributed by atoms with Crippen molar-refractivity contribution in [2.24, 2.45) is 5.73 Å². The van der Waals surface area contributed by atoms with Crippen LogP contribution in [0.3, 0.4) is 0 Å². The van der Waals surface area contributed by atoms with Gasteiger partial charge in [-0.15, -0.1) is 0 Å². The number of benzene rings is 2. The smallest absolute Gasteiger partial charge is 0.241 e. The van der Waals surface area contributed by atoms with Crippen molar-refractivity contribution in [3.8, 4) is 0 Å². The second-order valence-electron chi connectivity index (χ2n) is 13.0. The number of carbonyl (C=O) groups excluding carboxylic acids is 2. The number of sulfonamides is 1. The molecule has 0 unspecified atom stereocenters. The van der Waals surface area contributed by atoms with Gasteiger partial charge in [-0.3, -0.25) is 9.59 Å². The average Bonchev–Trinajstić information content (AvgIpc) is 3.01. The van der Waals surface area contributed by atoms with E-state index >= 15 is 0 Å². The van der Waals surface area contributed by atoms with Gasteiger partial charge < -0.3 is 26.2 Å². The standard InChI is InChI=1S/C34H48N8O4S/c1-25-24-36-33(39-32(25)37-27-11-10-12-29(23-27)47(45,46)40-34(2,3)4)38-26-15-17-28(18-16-26)41-19-21-42(22-20-41)31(44)14-9-7-5-6-8-13-30(35)43/h10-12,15-18,23-24,40H,5-9,13-14,19-22H2,1-4H3,(H2,35,43)(H2,36,37,38,39). The Balaban J connectivity index is 1.27. The minimum absolute atomic E-state index is 0.164. The van der Waals surface area contributed by atoms with Crippen LogP contribution in [-0.4, -0.2) is 66.8 Å².